The van der Waals surface area contributed by atoms with E-state index in [0.717, 1.165) is 22.6 Å². The van der Waals surface area contributed by atoms with Crippen LogP contribution in [0.2, 0.25) is 0 Å². The lowest BCUT2D eigenvalue weighted by atomic mass is 10.2. The first-order chi connectivity index (χ1) is 16.2. The smallest absolute Gasteiger partial charge is 0.255 e. The average Bonchev–Trinajstić information content (AvgIpc) is 3.21. The first kappa shape index (κ1) is 22.2. The molecular formula is C26H27N3O4. The van der Waals surface area contributed by atoms with Crippen LogP contribution in [-0.2, 0) is 13.1 Å². The minimum Gasteiger partial charge on any atom is -0.496 e. The zero-order valence-corrected chi connectivity index (χ0v) is 18.8. The van der Waals surface area contributed by atoms with Crippen LogP contribution in [0.4, 0.5) is 0 Å². The number of methoxy groups -OCH3 is 1. The van der Waals surface area contributed by atoms with Gasteiger partial charge in [-0.15, -0.1) is 0 Å². The topological polar surface area (TPSA) is 74.6 Å². The molecule has 0 unspecified atom stereocenters. The van der Waals surface area contributed by atoms with E-state index < -0.39 is 0 Å². The van der Waals surface area contributed by atoms with Crippen molar-refractivity contribution in [2.24, 2.45) is 0 Å². The van der Waals surface area contributed by atoms with Gasteiger partial charge in [-0.1, -0.05) is 36.4 Å². The number of hydrogen-bond acceptors (Lipinski definition) is 5. The van der Waals surface area contributed by atoms with Crippen LogP contribution in [0.25, 0.3) is 11.0 Å². The number of aromatic nitrogens is 2. The number of para-hydroxylation sites is 5. The van der Waals surface area contributed by atoms with Crippen molar-refractivity contribution in [1.82, 2.24) is 14.9 Å². The quantitative estimate of drug-likeness (QED) is 0.390. The lowest BCUT2D eigenvalue weighted by Crippen LogP contribution is -2.25. The van der Waals surface area contributed by atoms with E-state index in [4.69, 9.17) is 19.2 Å². The van der Waals surface area contributed by atoms with Crippen LogP contribution in [0.15, 0.2) is 72.8 Å². The Morgan fingerprint density at radius 2 is 1.58 bits per heavy atom. The summed E-state index contributed by atoms with van der Waals surface area (Å²) in [5.74, 6) is 2.49. The van der Waals surface area contributed by atoms with Crippen molar-refractivity contribution < 1.29 is 19.0 Å². The fraction of sp³-hybridized carbons (Fsp3) is 0.231. The summed E-state index contributed by atoms with van der Waals surface area (Å²) in [6.07, 6.45) is 0. The number of ether oxygens (including phenoxy) is 3. The van der Waals surface area contributed by atoms with E-state index in [0.29, 0.717) is 36.8 Å². The summed E-state index contributed by atoms with van der Waals surface area (Å²) in [6, 6.07) is 22.7. The molecule has 7 nitrogen and oxygen atoms in total. The van der Waals surface area contributed by atoms with Gasteiger partial charge in [-0.25, -0.2) is 4.98 Å². The van der Waals surface area contributed by atoms with E-state index in [2.05, 4.69) is 9.88 Å². The number of rotatable bonds is 10. The van der Waals surface area contributed by atoms with Crippen LogP contribution < -0.4 is 19.5 Å². The molecule has 1 amide bonds. The van der Waals surface area contributed by atoms with Gasteiger partial charge in [0.1, 0.15) is 18.2 Å². The van der Waals surface area contributed by atoms with E-state index in [1.807, 2.05) is 67.6 Å². The molecule has 1 heterocycles. The van der Waals surface area contributed by atoms with Crippen LogP contribution in [0.5, 0.6) is 17.2 Å². The van der Waals surface area contributed by atoms with E-state index in [1.165, 1.54) is 0 Å². The van der Waals surface area contributed by atoms with Gasteiger partial charge in [-0.05, 0) is 43.3 Å². The third-order valence-corrected chi connectivity index (χ3v) is 5.21. The lowest BCUT2D eigenvalue weighted by Gasteiger charge is -2.14. The first-order valence-corrected chi connectivity index (χ1v) is 10.9. The monoisotopic (exact) mass is 445 g/mol. The Morgan fingerprint density at radius 1 is 0.909 bits per heavy atom. The Bertz CT molecular complexity index is 1240. The van der Waals surface area contributed by atoms with Crippen LogP contribution in [-0.4, -0.2) is 35.8 Å². The summed E-state index contributed by atoms with van der Waals surface area (Å²) in [5, 5.41) is 2.96. The van der Waals surface area contributed by atoms with Gasteiger partial charge in [0.2, 0.25) is 0 Å². The summed E-state index contributed by atoms with van der Waals surface area (Å²) in [7, 11) is 1.55. The Kier molecular flexibility index (Phi) is 7.09. The normalized spacial score (nSPS) is 10.7. The summed E-state index contributed by atoms with van der Waals surface area (Å²) < 4.78 is 19.0. The molecule has 0 radical (unpaired) electrons. The van der Waals surface area contributed by atoms with Crippen molar-refractivity contribution >= 4 is 16.9 Å². The maximum Gasteiger partial charge on any atom is 0.255 e. The fourth-order valence-electron chi connectivity index (χ4n) is 3.69. The molecule has 0 spiro atoms. The number of fused-ring (bicyclic) bond motifs is 1. The number of amides is 1. The summed E-state index contributed by atoms with van der Waals surface area (Å²) in [6.45, 7) is 3.79. The minimum atomic E-state index is -0.215. The van der Waals surface area contributed by atoms with Crippen LogP contribution in [0, 0.1) is 0 Å². The maximum absolute atomic E-state index is 12.8. The zero-order valence-electron chi connectivity index (χ0n) is 18.8. The molecule has 1 N–H and O–H groups in total. The van der Waals surface area contributed by atoms with E-state index in [9.17, 15) is 4.79 Å². The van der Waals surface area contributed by atoms with E-state index in [1.54, 1.807) is 19.2 Å². The number of carbonyl (C=O) groups is 1. The maximum atomic E-state index is 12.8. The van der Waals surface area contributed by atoms with Crippen molar-refractivity contribution in [2.75, 3.05) is 20.3 Å². The van der Waals surface area contributed by atoms with E-state index in [-0.39, 0.29) is 12.5 Å². The predicted molar refractivity (Wildman–Crippen MR) is 127 cm³/mol. The second-order valence-electron chi connectivity index (χ2n) is 7.28. The highest BCUT2D eigenvalue weighted by molar-refractivity contribution is 5.96. The Hall–Kier alpha value is -4.00. The SMILES string of the molecule is CCOc1ccccc1OCCn1c(CNC(=O)c2ccccc2OC)nc2ccccc21. The van der Waals surface area contributed by atoms with Crippen LogP contribution in [0.3, 0.4) is 0 Å². The molecule has 0 atom stereocenters. The van der Waals surface area contributed by atoms with Crippen molar-refractivity contribution in [2.45, 2.75) is 20.0 Å². The molecule has 4 rings (SSSR count). The fourth-order valence-corrected chi connectivity index (χ4v) is 3.69. The van der Waals surface area contributed by atoms with Crippen molar-refractivity contribution in [3.8, 4) is 17.2 Å². The second-order valence-corrected chi connectivity index (χ2v) is 7.28. The van der Waals surface area contributed by atoms with Gasteiger partial charge in [0.05, 0.1) is 43.4 Å². The number of carbonyl (C=O) groups excluding carboxylic acids is 1. The molecule has 4 aromatic rings. The van der Waals surface area contributed by atoms with Crippen molar-refractivity contribution in [1.29, 1.82) is 0 Å². The molecule has 170 valence electrons. The Morgan fingerprint density at radius 3 is 2.33 bits per heavy atom. The third kappa shape index (κ3) is 5.09. The molecule has 1 aromatic heterocycles. The third-order valence-electron chi connectivity index (χ3n) is 5.21. The number of imidazole rings is 1. The largest absolute Gasteiger partial charge is 0.496 e. The highest BCUT2D eigenvalue weighted by atomic mass is 16.5. The molecule has 0 aliphatic heterocycles. The molecule has 0 fully saturated rings. The number of benzene rings is 3. The van der Waals surface area contributed by atoms with Gasteiger partial charge in [0.15, 0.2) is 11.5 Å². The summed E-state index contributed by atoms with van der Waals surface area (Å²) in [5.41, 5.74) is 2.34. The molecule has 0 aliphatic carbocycles. The standard InChI is InChI=1S/C26H27N3O4/c1-3-32-23-14-8-9-15-24(23)33-17-16-29-21-12-6-5-11-20(21)28-25(29)18-27-26(30)19-10-4-7-13-22(19)31-2/h4-15H,3,16-18H2,1-2H3,(H,27,30). The molecule has 0 saturated heterocycles. The Balaban J connectivity index is 1.50. The van der Waals surface area contributed by atoms with Gasteiger partial charge < -0.3 is 24.1 Å². The predicted octanol–water partition coefficient (Wildman–Crippen LogP) is 4.45. The van der Waals surface area contributed by atoms with Gasteiger partial charge >= 0.3 is 0 Å². The van der Waals surface area contributed by atoms with Crippen molar-refractivity contribution in [3.63, 3.8) is 0 Å². The molecule has 33 heavy (non-hydrogen) atoms. The summed E-state index contributed by atoms with van der Waals surface area (Å²) >= 11 is 0. The highest BCUT2D eigenvalue weighted by Gasteiger charge is 2.15. The second kappa shape index (κ2) is 10.5. The van der Waals surface area contributed by atoms with Crippen LogP contribution in [0.1, 0.15) is 23.1 Å². The number of nitrogens with zero attached hydrogens (tertiary/aromatic N) is 2. The molecule has 3 aromatic carbocycles. The van der Waals surface area contributed by atoms with E-state index >= 15 is 0 Å². The van der Waals surface area contributed by atoms with Crippen LogP contribution >= 0.6 is 0 Å². The molecular weight excluding hydrogens is 418 g/mol. The van der Waals surface area contributed by atoms with Gasteiger partial charge in [0, 0.05) is 0 Å². The van der Waals surface area contributed by atoms with Gasteiger partial charge in [0.25, 0.3) is 5.91 Å². The average molecular weight is 446 g/mol. The zero-order chi connectivity index (χ0) is 23.0. The Labute approximate surface area is 192 Å². The highest BCUT2D eigenvalue weighted by Crippen LogP contribution is 2.26. The van der Waals surface area contributed by atoms with Crippen molar-refractivity contribution in [3.05, 3.63) is 84.2 Å². The molecule has 7 heteroatoms. The lowest BCUT2D eigenvalue weighted by molar-refractivity contribution is 0.0946. The van der Waals surface area contributed by atoms with Gasteiger partial charge in [-0.2, -0.15) is 0 Å². The molecule has 0 bridgehead atoms. The molecule has 0 saturated carbocycles. The number of nitrogens with one attached hydrogen (secondary N) is 1. The first-order valence-electron chi connectivity index (χ1n) is 10.9. The minimum absolute atomic E-state index is 0.215. The molecule has 0 aliphatic rings. The van der Waals surface area contributed by atoms with Gasteiger partial charge in [-0.3, -0.25) is 4.79 Å². The number of hydrogen-bond donors (Lipinski definition) is 1. The summed E-state index contributed by atoms with van der Waals surface area (Å²) in [4.78, 5) is 17.5.